The molecule has 13 heavy (non-hydrogen) atoms. The number of ketones is 2. The van der Waals surface area contributed by atoms with Gasteiger partial charge in [-0.25, -0.2) is 0 Å². The van der Waals surface area contributed by atoms with Crippen molar-refractivity contribution in [1.82, 2.24) is 0 Å². The lowest BCUT2D eigenvalue weighted by atomic mass is 9.70. The Hall–Kier alpha value is -0.990. The molecule has 0 N–H and O–H groups in total. The third-order valence-electron chi connectivity index (χ3n) is 2.55. The number of hydrogen-bond donors (Lipinski definition) is 0. The predicted molar refractivity (Wildman–Crippen MR) is 50.9 cm³/mol. The molecule has 1 saturated carbocycles. The molecule has 1 rings (SSSR count). The van der Waals surface area contributed by atoms with Crippen LogP contribution >= 0.6 is 0 Å². The fourth-order valence-corrected chi connectivity index (χ4v) is 1.83. The van der Waals surface area contributed by atoms with Crippen molar-refractivity contribution in [3.8, 4) is 0 Å². The van der Waals surface area contributed by atoms with E-state index in [1.165, 1.54) is 7.05 Å². The van der Waals surface area contributed by atoms with Crippen molar-refractivity contribution >= 4 is 17.3 Å². The van der Waals surface area contributed by atoms with Gasteiger partial charge in [-0.1, -0.05) is 20.8 Å². The standard InChI is InChI=1S/C10H15NO2/c1-6-5-10(2,3)9(13)7(11-4)8(6)12/h6H,5H2,1-4H3. The van der Waals surface area contributed by atoms with Gasteiger partial charge >= 0.3 is 0 Å². The van der Waals surface area contributed by atoms with Crippen LogP contribution in [0.25, 0.3) is 0 Å². The van der Waals surface area contributed by atoms with Crippen LogP contribution in [-0.4, -0.2) is 24.3 Å². The van der Waals surface area contributed by atoms with Crippen LogP contribution in [0.15, 0.2) is 4.99 Å². The lowest BCUT2D eigenvalue weighted by Gasteiger charge is -2.31. The zero-order chi connectivity index (χ0) is 10.2. The highest BCUT2D eigenvalue weighted by Crippen LogP contribution is 2.32. The normalized spacial score (nSPS) is 31.1. The van der Waals surface area contributed by atoms with Crippen molar-refractivity contribution in [2.45, 2.75) is 27.2 Å². The number of carbonyl (C=O) groups is 2. The SMILES string of the molecule is CN=C1C(=O)C(C)CC(C)(C)C1=O. The second-order valence-electron chi connectivity index (χ2n) is 4.25. The largest absolute Gasteiger partial charge is 0.292 e. The van der Waals surface area contributed by atoms with E-state index in [1.54, 1.807) is 0 Å². The van der Waals surface area contributed by atoms with Crippen LogP contribution in [0.3, 0.4) is 0 Å². The van der Waals surface area contributed by atoms with Gasteiger partial charge in [0.25, 0.3) is 0 Å². The quantitative estimate of drug-likeness (QED) is 0.564. The summed E-state index contributed by atoms with van der Waals surface area (Å²) in [6, 6.07) is 0. The summed E-state index contributed by atoms with van der Waals surface area (Å²) in [6.45, 7) is 5.58. The molecule has 0 heterocycles. The maximum Gasteiger partial charge on any atom is 0.189 e. The van der Waals surface area contributed by atoms with Gasteiger partial charge in [0.15, 0.2) is 11.6 Å². The molecular formula is C10H15NO2. The highest BCUT2D eigenvalue weighted by molar-refractivity contribution is 6.68. The van der Waals surface area contributed by atoms with Crippen LogP contribution < -0.4 is 0 Å². The average molecular weight is 181 g/mol. The Labute approximate surface area is 78.2 Å². The Morgan fingerprint density at radius 3 is 2.38 bits per heavy atom. The number of carbonyl (C=O) groups excluding carboxylic acids is 2. The first-order chi connectivity index (χ1) is 5.90. The van der Waals surface area contributed by atoms with Gasteiger partial charge in [-0.3, -0.25) is 14.6 Å². The van der Waals surface area contributed by atoms with Crippen LogP contribution in [-0.2, 0) is 9.59 Å². The number of aliphatic imine (C=N–C) groups is 1. The molecule has 0 radical (unpaired) electrons. The summed E-state index contributed by atoms with van der Waals surface area (Å²) < 4.78 is 0. The molecule has 1 fully saturated rings. The van der Waals surface area contributed by atoms with Crippen molar-refractivity contribution in [2.75, 3.05) is 7.05 Å². The van der Waals surface area contributed by atoms with Crippen molar-refractivity contribution in [3.63, 3.8) is 0 Å². The zero-order valence-corrected chi connectivity index (χ0v) is 8.55. The molecule has 0 aromatic carbocycles. The second-order valence-corrected chi connectivity index (χ2v) is 4.25. The monoisotopic (exact) mass is 181 g/mol. The third-order valence-corrected chi connectivity index (χ3v) is 2.55. The summed E-state index contributed by atoms with van der Waals surface area (Å²) in [5.41, 5.74) is -0.286. The highest BCUT2D eigenvalue weighted by atomic mass is 16.2. The Kier molecular flexibility index (Phi) is 2.37. The van der Waals surface area contributed by atoms with Gasteiger partial charge in [0, 0.05) is 18.4 Å². The molecular weight excluding hydrogens is 166 g/mol. The van der Waals surface area contributed by atoms with Gasteiger partial charge in [0.05, 0.1) is 0 Å². The number of hydrogen-bond acceptors (Lipinski definition) is 3. The molecule has 1 aliphatic carbocycles. The van der Waals surface area contributed by atoms with Crippen LogP contribution in [0.1, 0.15) is 27.2 Å². The van der Waals surface area contributed by atoms with Crippen molar-refractivity contribution < 1.29 is 9.59 Å². The molecule has 1 atom stereocenters. The summed E-state index contributed by atoms with van der Waals surface area (Å²) >= 11 is 0. The third kappa shape index (κ3) is 1.55. The smallest absolute Gasteiger partial charge is 0.189 e. The molecule has 72 valence electrons. The van der Waals surface area contributed by atoms with Crippen LogP contribution in [0.2, 0.25) is 0 Å². The van der Waals surface area contributed by atoms with Crippen molar-refractivity contribution in [3.05, 3.63) is 0 Å². The van der Waals surface area contributed by atoms with Crippen LogP contribution in [0.4, 0.5) is 0 Å². The lowest BCUT2D eigenvalue weighted by Crippen LogP contribution is -2.45. The van der Waals surface area contributed by atoms with Gasteiger partial charge in [-0.05, 0) is 6.42 Å². The highest BCUT2D eigenvalue weighted by Gasteiger charge is 2.42. The summed E-state index contributed by atoms with van der Waals surface area (Å²) in [6.07, 6.45) is 0.629. The molecule has 0 aromatic rings. The van der Waals surface area contributed by atoms with E-state index in [0.29, 0.717) is 6.42 Å². The minimum Gasteiger partial charge on any atom is -0.292 e. The predicted octanol–water partition coefficient (Wildman–Crippen LogP) is 1.26. The second kappa shape index (κ2) is 3.05. The average Bonchev–Trinajstić information content (AvgIpc) is 2.02. The Morgan fingerprint density at radius 2 is 1.92 bits per heavy atom. The van der Waals surface area contributed by atoms with Gasteiger partial charge in [-0.15, -0.1) is 0 Å². The minimum atomic E-state index is -0.428. The molecule has 3 nitrogen and oxygen atoms in total. The first kappa shape index (κ1) is 10.1. The molecule has 0 aliphatic heterocycles. The number of Topliss-reactive ketones (excluding diaryl/α,β-unsaturated/α-hetero) is 2. The van der Waals surface area contributed by atoms with E-state index in [2.05, 4.69) is 4.99 Å². The van der Waals surface area contributed by atoms with E-state index in [-0.39, 0.29) is 23.2 Å². The Bertz CT molecular complexity index is 289. The lowest BCUT2D eigenvalue weighted by molar-refractivity contribution is -0.128. The maximum atomic E-state index is 11.7. The van der Waals surface area contributed by atoms with Gasteiger partial charge in [0.2, 0.25) is 0 Å². The van der Waals surface area contributed by atoms with E-state index in [0.717, 1.165) is 0 Å². The topological polar surface area (TPSA) is 46.5 Å². The van der Waals surface area contributed by atoms with Gasteiger partial charge in [-0.2, -0.15) is 0 Å². The molecule has 0 spiro atoms. The number of nitrogens with zero attached hydrogens (tertiary/aromatic N) is 1. The van der Waals surface area contributed by atoms with Crippen molar-refractivity contribution in [1.29, 1.82) is 0 Å². The molecule has 0 bridgehead atoms. The first-order valence-electron chi connectivity index (χ1n) is 4.46. The first-order valence-corrected chi connectivity index (χ1v) is 4.46. The summed E-state index contributed by atoms with van der Waals surface area (Å²) in [5, 5.41) is 0. The number of rotatable bonds is 0. The van der Waals surface area contributed by atoms with E-state index in [1.807, 2.05) is 20.8 Å². The van der Waals surface area contributed by atoms with Crippen molar-refractivity contribution in [2.24, 2.45) is 16.3 Å². The maximum absolute atomic E-state index is 11.7. The van der Waals surface area contributed by atoms with E-state index >= 15 is 0 Å². The van der Waals surface area contributed by atoms with E-state index in [4.69, 9.17) is 0 Å². The molecule has 0 saturated heterocycles. The minimum absolute atomic E-state index is 0.0774. The summed E-state index contributed by atoms with van der Waals surface area (Å²) in [4.78, 5) is 27.0. The molecule has 1 aliphatic rings. The fraction of sp³-hybridized carbons (Fsp3) is 0.700. The summed E-state index contributed by atoms with van der Waals surface area (Å²) in [5.74, 6) is -0.295. The van der Waals surface area contributed by atoms with Crippen LogP contribution in [0, 0.1) is 11.3 Å². The molecule has 3 heteroatoms. The van der Waals surface area contributed by atoms with Crippen LogP contribution in [0.5, 0.6) is 0 Å². The molecule has 1 unspecified atom stereocenters. The van der Waals surface area contributed by atoms with E-state index < -0.39 is 5.41 Å². The van der Waals surface area contributed by atoms with E-state index in [9.17, 15) is 9.59 Å². The summed E-state index contributed by atoms with van der Waals surface area (Å²) in [7, 11) is 1.50. The molecule has 0 aromatic heterocycles. The van der Waals surface area contributed by atoms with Gasteiger partial charge in [0.1, 0.15) is 5.71 Å². The molecule has 0 amide bonds. The van der Waals surface area contributed by atoms with Gasteiger partial charge < -0.3 is 0 Å². The Balaban J connectivity index is 3.10. The fourth-order valence-electron chi connectivity index (χ4n) is 1.83. The Morgan fingerprint density at radius 1 is 1.38 bits per heavy atom. The zero-order valence-electron chi connectivity index (χ0n) is 8.55.